The van der Waals surface area contributed by atoms with Crippen molar-refractivity contribution in [2.45, 2.75) is 32.0 Å². The van der Waals surface area contributed by atoms with Crippen molar-refractivity contribution in [2.75, 3.05) is 11.4 Å². The zero-order valence-corrected chi connectivity index (χ0v) is 12.5. The summed E-state index contributed by atoms with van der Waals surface area (Å²) in [5.74, 6) is -0.0183. The van der Waals surface area contributed by atoms with Crippen molar-refractivity contribution in [1.82, 2.24) is 0 Å². The standard InChI is InChI=1S/C14H17BrN2O/c1-10-7-11(2)9-13(8-10)17(6-4-5-16)14(18)12(3)15/h7-9,12H,4,6H2,1-3H3. The minimum Gasteiger partial charge on any atom is -0.310 e. The fourth-order valence-electron chi connectivity index (χ4n) is 1.85. The average Bonchev–Trinajstić information content (AvgIpc) is 2.27. The minimum absolute atomic E-state index is 0.0183. The Morgan fingerprint density at radius 3 is 2.39 bits per heavy atom. The summed E-state index contributed by atoms with van der Waals surface area (Å²) < 4.78 is 0. The van der Waals surface area contributed by atoms with Crippen LogP contribution in [0.25, 0.3) is 0 Å². The molecule has 3 nitrogen and oxygen atoms in total. The summed E-state index contributed by atoms with van der Waals surface area (Å²) in [5, 5.41) is 8.69. The van der Waals surface area contributed by atoms with Gasteiger partial charge in [0.05, 0.1) is 17.3 Å². The average molecular weight is 309 g/mol. The van der Waals surface area contributed by atoms with Crippen LogP contribution in [-0.4, -0.2) is 17.3 Å². The molecule has 0 heterocycles. The number of benzene rings is 1. The molecule has 0 N–H and O–H groups in total. The van der Waals surface area contributed by atoms with Gasteiger partial charge < -0.3 is 4.90 Å². The van der Waals surface area contributed by atoms with Crippen molar-refractivity contribution >= 4 is 27.5 Å². The number of hydrogen-bond donors (Lipinski definition) is 0. The first-order valence-corrected chi connectivity index (χ1v) is 6.78. The molecule has 4 heteroatoms. The Morgan fingerprint density at radius 2 is 1.94 bits per heavy atom. The molecule has 1 aromatic rings. The van der Waals surface area contributed by atoms with Crippen LogP contribution in [0.15, 0.2) is 18.2 Å². The summed E-state index contributed by atoms with van der Waals surface area (Å²) >= 11 is 3.29. The minimum atomic E-state index is -0.253. The van der Waals surface area contributed by atoms with Gasteiger partial charge in [0.15, 0.2) is 0 Å². The third kappa shape index (κ3) is 3.85. The smallest absolute Gasteiger partial charge is 0.240 e. The predicted molar refractivity (Wildman–Crippen MR) is 76.9 cm³/mol. The number of nitrogens with zero attached hydrogens (tertiary/aromatic N) is 2. The summed E-state index contributed by atoms with van der Waals surface area (Å²) in [6, 6.07) is 8.09. The highest BCUT2D eigenvalue weighted by atomic mass is 79.9. The Kier molecular flexibility index (Phi) is 5.36. The molecule has 18 heavy (non-hydrogen) atoms. The largest absolute Gasteiger partial charge is 0.310 e. The molecule has 0 radical (unpaired) electrons. The fraction of sp³-hybridized carbons (Fsp3) is 0.429. The molecule has 1 amide bonds. The van der Waals surface area contributed by atoms with Gasteiger partial charge in [0.2, 0.25) is 5.91 Å². The van der Waals surface area contributed by atoms with E-state index in [1.165, 1.54) is 0 Å². The Morgan fingerprint density at radius 1 is 1.39 bits per heavy atom. The first kappa shape index (κ1) is 14.7. The van der Waals surface area contributed by atoms with Gasteiger partial charge in [-0.25, -0.2) is 0 Å². The van der Waals surface area contributed by atoms with E-state index in [9.17, 15) is 4.79 Å². The van der Waals surface area contributed by atoms with Crippen LogP contribution in [0.4, 0.5) is 5.69 Å². The molecular weight excluding hydrogens is 292 g/mol. The van der Waals surface area contributed by atoms with E-state index in [1.54, 1.807) is 11.8 Å². The van der Waals surface area contributed by atoms with Crippen LogP contribution in [0, 0.1) is 25.2 Å². The summed E-state index contributed by atoms with van der Waals surface area (Å²) in [5.41, 5.74) is 3.09. The molecule has 0 spiro atoms. The van der Waals surface area contributed by atoms with Gasteiger partial charge in [-0.15, -0.1) is 0 Å². The zero-order valence-electron chi connectivity index (χ0n) is 10.9. The molecule has 1 rings (SSSR count). The maximum Gasteiger partial charge on any atom is 0.240 e. The predicted octanol–water partition coefficient (Wildman–Crippen LogP) is 3.33. The molecule has 1 aromatic carbocycles. The Hall–Kier alpha value is -1.34. The van der Waals surface area contributed by atoms with Crippen LogP contribution in [0.3, 0.4) is 0 Å². The van der Waals surface area contributed by atoms with Gasteiger partial charge >= 0.3 is 0 Å². The number of nitriles is 1. The molecule has 0 aliphatic carbocycles. The van der Waals surface area contributed by atoms with Crippen LogP contribution in [0.1, 0.15) is 24.5 Å². The highest BCUT2D eigenvalue weighted by Gasteiger charge is 2.19. The summed E-state index contributed by atoms with van der Waals surface area (Å²) in [6.07, 6.45) is 0.332. The van der Waals surface area contributed by atoms with Crippen LogP contribution in [0.2, 0.25) is 0 Å². The summed E-state index contributed by atoms with van der Waals surface area (Å²) in [7, 11) is 0. The fourth-order valence-corrected chi connectivity index (χ4v) is 2.10. The van der Waals surface area contributed by atoms with Crippen molar-refractivity contribution in [2.24, 2.45) is 0 Å². The molecule has 0 bridgehead atoms. The SMILES string of the molecule is Cc1cc(C)cc(N(CCC#N)C(=O)C(C)Br)c1. The van der Waals surface area contributed by atoms with Crippen LogP contribution < -0.4 is 4.90 Å². The lowest BCUT2D eigenvalue weighted by Gasteiger charge is -2.24. The number of amides is 1. The number of carbonyl (C=O) groups excluding carboxylic acids is 1. The molecule has 1 unspecified atom stereocenters. The second kappa shape index (κ2) is 6.55. The lowest BCUT2D eigenvalue weighted by atomic mass is 10.1. The summed E-state index contributed by atoms with van der Waals surface area (Å²) in [6.45, 7) is 6.22. The van der Waals surface area contributed by atoms with Crippen LogP contribution in [0.5, 0.6) is 0 Å². The van der Waals surface area contributed by atoms with Crippen molar-refractivity contribution in [3.05, 3.63) is 29.3 Å². The topological polar surface area (TPSA) is 44.1 Å². The highest BCUT2D eigenvalue weighted by molar-refractivity contribution is 9.10. The Bertz CT molecular complexity index is 457. The van der Waals surface area contributed by atoms with Gasteiger partial charge in [0.1, 0.15) is 0 Å². The van der Waals surface area contributed by atoms with Crippen molar-refractivity contribution < 1.29 is 4.79 Å². The molecule has 0 aliphatic rings. The molecule has 0 saturated carbocycles. The molecule has 0 saturated heterocycles. The normalized spacial score (nSPS) is 11.7. The van der Waals surface area contributed by atoms with Crippen LogP contribution >= 0.6 is 15.9 Å². The van der Waals surface area contributed by atoms with Gasteiger partial charge in [0, 0.05) is 12.2 Å². The van der Waals surface area contributed by atoms with E-state index in [2.05, 4.69) is 28.1 Å². The Labute approximate surface area is 117 Å². The maximum absolute atomic E-state index is 12.1. The van der Waals surface area contributed by atoms with E-state index in [1.807, 2.05) is 26.0 Å². The number of aryl methyl sites for hydroxylation is 2. The first-order chi connectivity index (χ1) is 8.45. The van der Waals surface area contributed by atoms with E-state index < -0.39 is 0 Å². The van der Waals surface area contributed by atoms with Crippen molar-refractivity contribution in [1.29, 1.82) is 5.26 Å². The van der Waals surface area contributed by atoms with Gasteiger partial charge in [0.25, 0.3) is 0 Å². The van der Waals surface area contributed by atoms with Gasteiger partial charge in [-0.3, -0.25) is 4.79 Å². The quantitative estimate of drug-likeness (QED) is 0.801. The van der Waals surface area contributed by atoms with E-state index in [0.717, 1.165) is 16.8 Å². The van der Waals surface area contributed by atoms with Gasteiger partial charge in [-0.05, 0) is 44.0 Å². The van der Waals surface area contributed by atoms with E-state index in [4.69, 9.17) is 5.26 Å². The molecule has 0 aliphatic heterocycles. The van der Waals surface area contributed by atoms with Gasteiger partial charge in [-0.2, -0.15) is 5.26 Å². The lowest BCUT2D eigenvalue weighted by molar-refractivity contribution is -0.117. The first-order valence-electron chi connectivity index (χ1n) is 5.86. The molecule has 0 aromatic heterocycles. The monoisotopic (exact) mass is 308 g/mol. The van der Waals surface area contributed by atoms with E-state index in [-0.39, 0.29) is 10.7 Å². The number of alkyl halides is 1. The van der Waals surface area contributed by atoms with Crippen molar-refractivity contribution in [3.8, 4) is 6.07 Å². The Balaban J connectivity index is 3.09. The number of anilines is 1. The van der Waals surface area contributed by atoms with E-state index in [0.29, 0.717) is 13.0 Å². The van der Waals surface area contributed by atoms with E-state index >= 15 is 0 Å². The number of hydrogen-bond acceptors (Lipinski definition) is 2. The molecule has 1 atom stereocenters. The second-order valence-corrected chi connectivity index (χ2v) is 5.73. The molecular formula is C14H17BrN2O. The third-order valence-corrected chi connectivity index (χ3v) is 2.96. The zero-order chi connectivity index (χ0) is 13.7. The van der Waals surface area contributed by atoms with Crippen molar-refractivity contribution in [3.63, 3.8) is 0 Å². The van der Waals surface area contributed by atoms with Gasteiger partial charge in [-0.1, -0.05) is 22.0 Å². The number of carbonyl (C=O) groups is 1. The molecule has 0 fully saturated rings. The molecule has 96 valence electrons. The highest BCUT2D eigenvalue weighted by Crippen LogP contribution is 2.21. The third-order valence-electron chi connectivity index (χ3n) is 2.57. The lowest BCUT2D eigenvalue weighted by Crippen LogP contribution is -2.36. The second-order valence-electron chi connectivity index (χ2n) is 4.36. The summed E-state index contributed by atoms with van der Waals surface area (Å²) in [4.78, 5) is 13.6. The maximum atomic E-state index is 12.1. The number of halogens is 1. The number of rotatable bonds is 4. The van der Waals surface area contributed by atoms with Crippen LogP contribution in [-0.2, 0) is 4.79 Å².